The number of nitrogens with one attached hydrogen (secondary N) is 2. The lowest BCUT2D eigenvalue weighted by Gasteiger charge is -2.28. The van der Waals surface area contributed by atoms with Gasteiger partial charge in [0.15, 0.2) is 0 Å². The quantitative estimate of drug-likeness (QED) is 0.528. The molecule has 2 aromatic heterocycles. The van der Waals surface area contributed by atoms with Crippen molar-refractivity contribution in [2.24, 2.45) is 5.41 Å². The molecule has 2 saturated heterocycles. The van der Waals surface area contributed by atoms with Gasteiger partial charge >= 0.3 is 0 Å². The average molecular weight is 505 g/mol. The summed E-state index contributed by atoms with van der Waals surface area (Å²) >= 11 is 6.34. The number of ether oxygens (including phenoxy) is 1. The smallest absolute Gasteiger partial charge is 0.230 e. The summed E-state index contributed by atoms with van der Waals surface area (Å²) in [5.74, 6) is 1.16. The largest absolute Gasteiger partial charge is 0.379 e. The number of amides is 1. The molecule has 2 aromatic rings. The second-order valence-corrected chi connectivity index (χ2v) is 10.6. The topological polar surface area (TPSA) is 100 Å². The van der Waals surface area contributed by atoms with Crippen LogP contribution >= 0.6 is 11.6 Å². The number of carbonyl (C=O) groups excluding carboxylic acids is 1. The van der Waals surface area contributed by atoms with Crippen molar-refractivity contribution in [2.75, 3.05) is 63.6 Å². The molecule has 0 atom stereocenters. The third-order valence-corrected chi connectivity index (χ3v) is 6.98. The van der Waals surface area contributed by atoms with E-state index in [0.29, 0.717) is 55.7 Å². The number of halogens is 1. The Morgan fingerprint density at radius 3 is 2.80 bits per heavy atom. The minimum Gasteiger partial charge on any atom is -0.379 e. The fourth-order valence-electron chi connectivity index (χ4n) is 4.51. The molecule has 1 amide bonds. The molecule has 11 heteroatoms. The van der Waals surface area contributed by atoms with E-state index in [-0.39, 0.29) is 5.91 Å². The molecule has 4 rings (SSSR count). The van der Waals surface area contributed by atoms with Gasteiger partial charge in [-0.3, -0.25) is 9.48 Å². The van der Waals surface area contributed by atoms with Crippen molar-refractivity contribution in [3.63, 3.8) is 0 Å². The van der Waals surface area contributed by atoms with Crippen LogP contribution in [0.4, 0.5) is 17.5 Å². The van der Waals surface area contributed by atoms with E-state index in [1.807, 2.05) is 31.9 Å². The van der Waals surface area contributed by atoms with Gasteiger partial charge in [0.25, 0.3) is 0 Å². The van der Waals surface area contributed by atoms with Gasteiger partial charge in [-0.1, -0.05) is 11.6 Å². The van der Waals surface area contributed by atoms with Crippen LogP contribution in [0.5, 0.6) is 0 Å². The maximum absolute atomic E-state index is 12.7. The third kappa shape index (κ3) is 6.42. The maximum Gasteiger partial charge on any atom is 0.230 e. The fraction of sp³-hybridized carbons (Fsp3) is 0.667. The zero-order chi connectivity index (χ0) is 25.0. The number of hydrogen-bond donors (Lipinski definition) is 2. The van der Waals surface area contributed by atoms with E-state index < -0.39 is 5.41 Å². The first kappa shape index (κ1) is 25.7. The summed E-state index contributed by atoms with van der Waals surface area (Å²) in [6, 6.07) is 0.414. The SMILES string of the molecule is Cc1nn(C2CCN(C)CC2)cc1Nc1ncc(Cl)c(NCCCN2CCOCC(C)(C)C2=O)n1. The van der Waals surface area contributed by atoms with Crippen LogP contribution in [-0.4, -0.2) is 88.4 Å². The maximum atomic E-state index is 12.7. The number of likely N-dealkylation sites (tertiary alicyclic amines) is 1. The van der Waals surface area contributed by atoms with Gasteiger partial charge in [-0.25, -0.2) is 4.98 Å². The Hall–Kier alpha value is -2.43. The zero-order valence-electron chi connectivity index (χ0n) is 21.2. The van der Waals surface area contributed by atoms with Crippen molar-refractivity contribution >= 4 is 35.0 Å². The predicted octanol–water partition coefficient (Wildman–Crippen LogP) is 3.33. The van der Waals surface area contributed by atoms with Crippen LogP contribution in [0.15, 0.2) is 12.4 Å². The van der Waals surface area contributed by atoms with Gasteiger partial charge in [0.2, 0.25) is 11.9 Å². The minimum absolute atomic E-state index is 0.137. The Kier molecular flexibility index (Phi) is 8.13. The number of aromatic nitrogens is 4. The second kappa shape index (κ2) is 11.1. The Balaban J connectivity index is 1.32. The molecule has 0 bridgehead atoms. The lowest BCUT2D eigenvalue weighted by molar-refractivity contribution is -0.139. The Bertz CT molecular complexity index is 1020. The van der Waals surface area contributed by atoms with Crippen LogP contribution in [0, 0.1) is 12.3 Å². The molecule has 0 aromatic carbocycles. The van der Waals surface area contributed by atoms with E-state index in [1.165, 1.54) is 0 Å². The predicted molar refractivity (Wildman–Crippen MR) is 137 cm³/mol. The summed E-state index contributed by atoms with van der Waals surface area (Å²) in [7, 11) is 2.16. The van der Waals surface area contributed by atoms with Crippen LogP contribution in [0.25, 0.3) is 0 Å². The molecule has 2 aliphatic heterocycles. The molecule has 0 spiro atoms. The molecule has 2 fully saturated rings. The van der Waals surface area contributed by atoms with Crippen molar-refractivity contribution in [1.29, 1.82) is 0 Å². The Labute approximate surface area is 212 Å². The number of carbonyl (C=O) groups is 1. The van der Waals surface area contributed by atoms with Gasteiger partial charge in [0, 0.05) is 25.8 Å². The van der Waals surface area contributed by atoms with Gasteiger partial charge in [-0.05, 0) is 60.2 Å². The summed E-state index contributed by atoms with van der Waals surface area (Å²) in [4.78, 5) is 25.9. The molecule has 35 heavy (non-hydrogen) atoms. The Morgan fingerprint density at radius 2 is 2.03 bits per heavy atom. The molecular formula is C24H37ClN8O2. The summed E-state index contributed by atoms with van der Waals surface area (Å²) in [6.07, 6.45) is 6.59. The van der Waals surface area contributed by atoms with Crippen LogP contribution in [0.2, 0.25) is 5.02 Å². The second-order valence-electron chi connectivity index (χ2n) is 10.2. The standard InChI is InChI=1S/C24H37ClN8O2/c1-17-20(15-33(30-17)18-6-10-31(4)11-7-18)28-23-27-14-19(25)21(29-23)26-8-5-9-32-12-13-35-16-24(2,3)22(32)34/h14-15,18H,5-13,16H2,1-4H3,(H2,26,27,28,29). The highest BCUT2D eigenvalue weighted by atomic mass is 35.5. The van der Waals surface area contributed by atoms with Gasteiger partial charge in [-0.15, -0.1) is 0 Å². The van der Waals surface area contributed by atoms with E-state index >= 15 is 0 Å². The zero-order valence-corrected chi connectivity index (χ0v) is 21.9. The van der Waals surface area contributed by atoms with E-state index in [9.17, 15) is 4.79 Å². The molecule has 10 nitrogen and oxygen atoms in total. The molecule has 0 radical (unpaired) electrons. The van der Waals surface area contributed by atoms with Gasteiger partial charge in [0.1, 0.15) is 10.8 Å². The fourth-order valence-corrected chi connectivity index (χ4v) is 4.66. The van der Waals surface area contributed by atoms with Gasteiger partial charge in [-0.2, -0.15) is 10.1 Å². The van der Waals surface area contributed by atoms with Crippen molar-refractivity contribution < 1.29 is 9.53 Å². The van der Waals surface area contributed by atoms with E-state index in [2.05, 4.69) is 37.2 Å². The van der Waals surface area contributed by atoms with E-state index in [4.69, 9.17) is 21.4 Å². The molecule has 2 aliphatic rings. The molecule has 4 heterocycles. The molecule has 192 valence electrons. The summed E-state index contributed by atoms with van der Waals surface area (Å²) < 4.78 is 7.65. The molecule has 2 N–H and O–H groups in total. The van der Waals surface area contributed by atoms with Crippen molar-refractivity contribution in [2.45, 2.75) is 46.1 Å². The van der Waals surface area contributed by atoms with Crippen LogP contribution < -0.4 is 10.6 Å². The van der Waals surface area contributed by atoms with Crippen LogP contribution in [0.3, 0.4) is 0 Å². The summed E-state index contributed by atoms with van der Waals surface area (Å²) in [5.41, 5.74) is 1.31. The van der Waals surface area contributed by atoms with Crippen LogP contribution in [-0.2, 0) is 9.53 Å². The lowest BCUT2D eigenvalue weighted by atomic mass is 9.93. The first-order valence-electron chi connectivity index (χ1n) is 12.4. The highest BCUT2D eigenvalue weighted by molar-refractivity contribution is 6.32. The highest BCUT2D eigenvalue weighted by Crippen LogP contribution is 2.27. The number of nitrogens with zero attached hydrogens (tertiary/aromatic N) is 6. The molecule has 0 saturated carbocycles. The first-order valence-corrected chi connectivity index (χ1v) is 12.8. The number of aryl methyl sites for hydroxylation is 1. The lowest BCUT2D eigenvalue weighted by Crippen LogP contribution is -2.42. The number of hydrogen-bond acceptors (Lipinski definition) is 8. The molecule has 0 unspecified atom stereocenters. The van der Waals surface area contributed by atoms with Crippen molar-refractivity contribution in [1.82, 2.24) is 29.5 Å². The minimum atomic E-state index is -0.486. The van der Waals surface area contributed by atoms with Gasteiger partial charge in [0.05, 0.1) is 42.2 Å². The molecular weight excluding hydrogens is 468 g/mol. The average Bonchev–Trinajstić information content (AvgIpc) is 3.13. The van der Waals surface area contributed by atoms with Crippen molar-refractivity contribution in [3.05, 3.63) is 23.1 Å². The number of rotatable bonds is 8. The van der Waals surface area contributed by atoms with E-state index in [1.54, 1.807) is 6.20 Å². The normalized spacial score (nSPS) is 19.6. The highest BCUT2D eigenvalue weighted by Gasteiger charge is 2.34. The van der Waals surface area contributed by atoms with Crippen LogP contribution in [0.1, 0.15) is 44.8 Å². The number of anilines is 3. The van der Waals surface area contributed by atoms with E-state index in [0.717, 1.165) is 43.7 Å². The van der Waals surface area contributed by atoms with Gasteiger partial charge < -0.3 is 25.2 Å². The Morgan fingerprint density at radius 1 is 1.26 bits per heavy atom. The summed E-state index contributed by atoms with van der Waals surface area (Å²) in [5, 5.41) is 11.8. The third-order valence-electron chi connectivity index (χ3n) is 6.70. The monoisotopic (exact) mass is 504 g/mol. The number of piperidine rings is 1. The molecule has 0 aliphatic carbocycles. The summed E-state index contributed by atoms with van der Waals surface area (Å²) in [6.45, 7) is 11.0. The van der Waals surface area contributed by atoms with Crippen molar-refractivity contribution in [3.8, 4) is 0 Å². The first-order chi connectivity index (χ1) is 16.7.